The Morgan fingerprint density at radius 1 is 1.07 bits per heavy atom. The second-order valence-electron chi connectivity index (χ2n) is 6.58. The lowest BCUT2D eigenvalue weighted by molar-refractivity contribution is 0.0939. The summed E-state index contributed by atoms with van der Waals surface area (Å²) in [5, 5.41) is 12.0. The molecule has 1 atom stereocenters. The van der Waals surface area contributed by atoms with E-state index in [1.54, 1.807) is 42.6 Å². The Balaban J connectivity index is 1.63. The second kappa shape index (κ2) is 9.31. The lowest BCUT2D eigenvalue weighted by Crippen LogP contribution is -2.27. The highest BCUT2D eigenvalue weighted by molar-refractivity contribution is 7.89. The number of hydrogen-bond acceptors (Lipinski definition) is 5. The van der Waals surface area contributed by atoms with E-state index >= 15 is 0 Å². The minimum Gasteiger partial charge on any atom is -0.344 e. The average Bonchev–Trinajstić information content (AvgIpc) is 2.78. The molecule has 0 saturated carbocycles. The molecule has 2 aromatic carbocycles. The van der Waals surface area contributed by atoms with E-state index in [2.05, 4.69) is 15.0 Å². The fourth-order valence-corrected chi connectivity index (χ4v) is 3.98. The predicted molar refractivity (Wildman–Crippen MR) is 112 cm³/mol. The Morgan fingerprint density at radius 2 is 1.77 bits per heavy atom. The van der Waals surface area contributed by atoms with Crippen LogP contribution in [0.1, 0.15) is 40.1 Å². The highest BCUT2D eigenvalue weighted by Gasteiger charge is 2.18. The summed E-state index contributed by atoms with van der Waals surface area (Å²) in [6.07, 6.45) is 1.67. The van der Waals surface area contributed by atoms with E-state index in [0.717, 1.165) is 5.69 Å². The highest BCUT2D eigenvalue weighted by atomic mass is 32.2. The zero-order valence-corrected chi connectivity index (χ0v) is 17.1. The van der Waals surface area contributed by atoms with Crippen LogP contribution in [0, 0.1) is 11.3 Å². The monoisotopic (exact) mass is 420 g/mol. The van der Waals surface area contributed by atoms with Crippen LogP contribution in [0.15, 0.2) is 77.8 Å². The van der Waals surface area contributed by atoms with E-state index in [4.69, 9.17) is 5.26 Å². The molecule has 2 N–H and O–H groups in total. The van der Waals surface area contributed by atoms with E-state index < -0.39 is 10.0 Å². The van der Waals surface area contributed by atoms with Crippen molar-refractivity contribution in [1.29, 1.82) is 5.26 Å². The number of sulfonamides is 1. The summed E-state index contributed by atoms with van der Waals surface area (Å²) in [6, 6.07) is 19.8. The van der Waals surface area contributed by atoms with Crippen molar-refractivity contribution in [2.45, 2.75) is 24.4 Å². The summed E-state index contributed by atoms with van der Waals surface area (Å²) >= 11 is 0. The van der Waals surface area contributed by atoms with Crippen LogP contribution in [-0.2, 0) is 16.6 Å². The van der Waals surface area contributed by atoms with Crippen molar-refractivity contribution in [1.82, 2.24) is 15.0 Å². The van der Waals surface area contributed by atoms with Crippen molar-refractivity contribution in [2.75, 3.05) is 0 Å². The third kappa shape index (κ3) is 5.08. The normalized spacial score (nSPS) is 12.0. The summed E-state index contributed by atoms with van der Waals surface area (Å²) in [5.41, 5.74) is 1.98. The molecule has 0 fully saturated rings. The average molecular weight is 420 g/mol. The molecule has 7 nitrogen and oxygen atoms in total. The van der Waals surface area contributed by atoms with Crippen molar-refractivity contribution in [3.63, 3.8) is 0 Å². The van der Waals surface area contributed by atoms with Crippen LogP contribution in [0.3, 0.4) is 0 Å². The standard InChI is InChI=1S/C22H20N4O3S/c1-16(20-7-4-5-13-24-20)26-22(27)18-11-9-17(10-12-18)15-25-30(28,29)21-8-3-2-6-19(21)14-23/h2-13,16,25H,15H2,1H3,(H,26,27)/t16-/m1/s1. The van der Waals surface area contributed by atoms with Crippen LogP contribution in [0.5, 0.6) is 0 Å². The number of aromatic nitrogens is 1. The van der Waals surface area contributed by atoms with Gasteiger partial charge in [-0.15, -0.1) is 0 Å². The van der Waals surface area contributed by atoms with Crippen LogP contribution in [0.25, 0.3) is 0 Å². The van der Waals surface area contributed by atoms with Crippen LogP contribution >= 0.6 is 0 Å². The van der Waals surface area contributed by atoms with Gasteiger partial charge < -0.3 is 5.32 Å². The molecule has 30 heavy (non-hydrogen) atoms. The van der Waals surface area contributed by atoms with Gasteiger partial charge in [0.25, 0.3) is 5.91 Å². The van der Waals surface area contributed by atoms with E-state index in [1.165, 1.54) is 12.1 Å². The topological polar surface area (TPSA) is 112 Å². The smallest absolute Gasteiger partial charge is 0.251 e. The molecule has 3 aromatic rings. The van der Waals surface area contributed by atoms with Crippen LogP contribution in [0.2, 0.25) is 0 Å². The molecule has 0 saturated heterocycles. The van der Waals surface area contributed by atoms with Gasteiger partial charge in [0.1, 0.15) is 6.07 Å². The molecular weight excluding hydrogens is 400 g/mol. The molecule has 0 aliphatic rings. The van der Waals surface area contributed by atoms with Gasteiger partial charge in [0.05, 0.1) is 22.2 Å². The number of nitrogens with zero attached hydrogens (tertiary/aromatic N) is 2. The van der Waals surface area contributed by atoms with Gasteiger partial charge in [-0.2, -0.15) is 5.26 Å². The summed E-state index contributed by atoms with van der Waals surface area (Å²) in [7, 11) is -3.83. The van der Waals surface area contributed by atoms with Crippen molar-refractivity contribution < 1.29 is 13.2 Å². The number of nitriles is 1. The summed E-state index contributed by atoms with van der Waals surface area (Å²) in [6.45, 7) is 1.89. The first-order valence-corrected chi connectivity index (χ1v) is 10.7. The Hall–Kier alpha value is -3.54. The minimum absolute atomic E-state index is 0.0360. The van der Waals surface area contributed by atoms with Crippen molar-refractivity contribution in [2.24, 2.45) is 0 Å². The number of carbonyl (C=O) groups excluding carboxylic acids is 1. The number of amides is 1. The predicted octanol–water partition coefficient (Wildman–Crippen LogP) is 2.92. The van der Waals surface area contributed by atoms with Gasteiger partial charge in [-0.1, -0.05) is 30.3 Å². The Kier molecular flexibility index (Phi) is 6.57. The van der Waals surface area contributed by atoms with Crippen molar-refractivity contribution in [3.8, 4) is 6.07 Å². The number of carbonyl (C=O) groups is 1. The molecule has 8 heteroatoms. The summed E-state index contributed by atoms with van der Waals surface area (Å²) in [4.78, 5) is 16.6. The highest BCUT2D eigenvalue weighted by Crippen LogP contribution is 2.15. The zero-order valence-electron chi connectivity index (χ0n) is 16.2. The largest absolute Gasteiger partial charge is 0.344 e. The summed E-state index contributed by atoms with van der Waals surface area (Å²) in [5.74, 6) is -0.247. The van der Waals surface area contributed by atoms with E-state index in [9.17, 15) is 13.2 Å². The zero-order chi connectivity index (χ0) is 21.6. The second-order valence-corrected chi connectivity index (χ2v) is 8.31. The first-order chi connectivity index (χ1) is 14.4. The van der Waals surface area contributed by atoms with Crippen molar-refractivity contribution in [3.05, 3.63) is 95.3 Å². The van der Waals surface area contributed by atoms with E-state index in [-0.39, 0.29) is 29.0 Å². The van der Waals surface area contributed by atoms with Crippen molar-refractivity contribution >= 4 is 15.9 Å². The number of pyridine rings is 1. The maximum atomic E-state index is 12.5. The molecule has 1 aromatic heterocycles. The molecule has 0 aliphatic heterocycles. The molecular formula is C22H20N4O3S. The molecule has 1 heterocycles. The van der Waals surface area contributed by atoms with Gasteiger partial charge in [-0.05, 0) is 48.9 Å². The molecule has 0 radical (unpaired) electrons. The Labute approximate surface area is 175 Å². The first kappa shape index (κ1) is 21.2. The lowest BCUT2D eigenvalue weighted by atomic mass is 10.1. The molecule has 0 bridgehead atoms. The fourth-order valence-electron chi connectivity index (χ4n) is 2.81. The van der Waals surface area contributed by atoms with Crippen LogP contribution < -0.4 is 10.0 Å². The molecule has 1 amide bonds. The molecule has 0 unspecified atom stereocenters. The fraction of sp³-hybridized carbons (Fsp3) is 0.136. The first-order valence-electron chi connectivity index (χ1n) is 9.20. The molecule has 3 rings (SSSR count). The summed E-state index contributed by atoms with van der Waals surface area (Å²) < 4.78 is 27.4. The SMILES string of the molecule is C[C@@H](NC(=O)c1ccc(CNS(=O)(=O)c2ccccc2C#N)cc1)c1ccccn1. The molecule has 152 valence electrons. The van der Waals surface area contributed by atoms with Gasteiger partial charge in [0, 0.05) is 18.3 Å². The Bertz CT molecular complexity index is 1170. The number of nitrogens with one attached hydrogen (secondary N) is 2. The maximum absolute atomic E-state index is 12.5. The van der Waals surface area contributed by atoms with Gasteiger partial charge in [-0.3, -0.25) is 9.78 Å². The van der Waals surface area contributed by atoms with Gasteiger partial charge in [-0.25, -0.2) is 13.1 Å². The quantitative estimate of drug-likeness (QED) is 0.610. The maximum Gasteiger partial charge on any atom is 0.251 e. The number of rotatable bonds is 7. The number of hydrogen-bond donors (Lipinski definition) is 2. The number of benzene rings is 2. The van der Waals surface area contributed by atoms with Gasteiger partial charge >= 0.3 is 0 Å². The van der Waals surface area contributed by atoms with Gasteiger partial charge in [0.2, 0.25) is 10.0 Å². The lowest BCUT2D eigenvalue weighted by Gasteiger charge is -2.13. The Morgan fingerprint density at radius 3 is 2.43 bits per heavy atom. The third-order valence-corrected chi connectivity index (χ3v) is 5.92. The third-order valence-electron chi connectivity index (χ3n) is 4.46. The minimum atomic E-state index is -3.83. The van der Waals surface area contributed by atoms with E-state index in [0.29, 0.717) is 11.1 Å². The van der Waals surface area contributed by atoms with Crippen LogP contribution in [0.4, 0.5) is 0 Å². The van der Waals surface area contributed by atoms with E-state index in [1.807, 2.05) is 31.2 Å². The molecule has 0 aliphatic carbocycles. The van der Waals surface area contributed by atoms with Gasteiger partial charge in [0.15, 0.2) is 0 Å². The molecule has 0 spiro atoms. The van der Waals surface area contributed by atoms with Crippen LogP contribution in [-0.4, -0.2) is 19.3 Å².